The number of halogens is 1. The third kappa shape index (κ3) is 2.97. The molecular weight excluding hydrogens is 290 g/mol. The number of aryl methyl sites for hydroxylation is 2. The number of hydrogen-bond donors (Lipinski definition) is 1. The Bertz CT molecular complexity index is 400. The van der Waals surface area contributed by atoms with Crippen LogP contribution >= 0.6 is 15.9 Å². The fraction of sp³-hybridized carbons (Fsp3) is 0.786. The minimum absolute atomic E-state index is 0.672. The molecule has 0 spiro atoms. The van der Waals surface area contributed by atoms with Crippen LogP contribution in [0.2, 0.25) is 0 Å². The van der Waals surface area contributed by atoms with Gasteiger partial charge in [0, 0.05) is 19.6 Å². The Morgan fingerprint density at radius 3 is 2.72 bits per heavy atom. The molecule has 0 aromatic carbocycles. The van der Waals surface area contributed by atoms with Crippen molar-refractivity contribution in [3.05, 3.63) is 15.9 Å². The zero-order valence-electron chi connectivity index (χ0n) is 11.7. The summed E-state index contributed by atoms with van der Waals surface area (Å²) in [7, 11) is 2.03. The molecular formula is C14H24BrN3. The molecule has 1 aliphatic carbocycles. The van der Waals surface area contributed by atoms with E-state index >= 15 is 0 Å². The van der Waals surface area contributed by atoms with Crippen molar-refractivity contribution in [3.8, 4) is 0 Å². The lowest BCUT2D eigenvalue weighted by Crippen LogP contribution is -2.37. The Kier molecular flexibility index (Phi) is 4.84. The van der Waals surface area contributed by atoms with Crippen LogP contribution in [0.4, 0.5) is 0 Å². The maximum absolute atomic E-state index is 4.54. The first-order valence-corrected chi connectivity index (χ1v) is 7.86. The van der Waals surface area contributed by atoms with Crippen LogP contribution in [0.1, 0.15) is 50.9 Å². The van der Waals surface area contributed by atoms with E-state index in [4.69, 9.17) is 0 Å². The third-order valence-corrected chi connectivity index (χ3v) is 5.06. The lowest BCUT2D eigenvalue weighted by atomic mass is 9.86. The number of hydrogen-bond acceptors (Lipinski definition) is 2. The van der Waals surface area contributed by atoms with Gasteiger partial charge >= 0.3 is 0 Å². The molecule has 1 heterocycles. The van der Waals surface area contributed by atoms with E-state index in [0.29, 0.717) is 6.04 Å². The second-order valence-corrected chi connectivity index (χ2v) is 6.23. The van der Waals surface area contributed by atoms with Gasteiger partial charge in [0.25, 0.3) is 0 Å². The van der Waals surface area contributed by atoms with Crippen LogP contribution in [0.25, 0.3) is 0 Å². The van der Waals surface area contributed by atoms with Gasteiger partial charge in [-0.1, -0.05) is 26.7 Å². The van der Waals surface area contributed by atoms with Crippen molar-refractivity contribution in [2.75, 3.05) is 0 Å². The smallest absolute Gasteiger partial charge is 0.0767 e. The molecule has 1 aliphatic rings. The molecule has 0 radical (unpaired) electrons. The van der Waals surface area contributed by atoms with E-state index in [9.17, 15) is 0 Å². The molecule has 0 bridgehead atoms. The zero-order chi connectivity index (χ0) is 13.1. The maximum atomic E-state index is 4.54. The molecule has 0 aliphatic heterocycles. The van der Waals surface area contributed by atoms with Gasteiger partial charge in [0.2, 0.25) is 0 Å². The number of nitrogens with one attached hydrogen (secondary N) is 1. The standard InChI is InChI=1S/C14H24BrN3/c1-4-11-14(15)13(18(3)17-11)9-16-12-8-6-5-7-10(12)2/h10,12,16H,4-9H2,1-3H3. The van der Waals surface area contributed by atoms with Crippen LogP contribution in [0.3, 0.4) is 0 Å². The van der Waals surface area contributed by atoms with Crippen LogP contribution < -0.4 is 5.32 Å². The van der Waals surface area contributed by atoms with E-state index in [-0.39, 0.29) is 0 Å². The van der Waals surface area contributed by atoms with Crippen molar-refractivity contribution in [1.29, 1.82) is 0 Å². The molecule has 1 aromatic heterocycles. The molecule has 2 atom stereocenters. The number of aromatic nitrogens is 2. The van der Waals surface area contributed by atoms with Crippen molar-refractivity contribution in [2.24, 2.45) is 13.0 Å². The van der Waals surface area contributed by atoms with Gasteiger partial charge in [-0.05, 0) is 41.1 Å². The molecule has 1 saturated carbocycles. The molecule has 2 rings (SSSR count). The van der Waals surface area contributed by atoms with Gasteiger partial charge < -0.3 is 5.32 Å². The van der Waals surface area contributed by atoms with Gasteiger partial charge in [-0.25, -0.2) is 0 Å². The summed E-state index contributed by atoms with van der Waals surface area (Å²) in [5.74, 6) is 0.802. The quantitative estimate of drug-likeness (QED) is 0.923. The molecule has 0 amide bonds. The van der Waals surface area contributed by atoms with E-state index in [0.717, 1.165) is 24.6 Å². The van der Waals surface area contributed by atoms with Gasteiger partial charge in [0.05, 0.1) is 15.9 Å². The Morgan fingerprint density at radius 2 is 2.11 bits per heavy atom. The summed E-state index contributed by atoms with van der Waals surface area (Å²) in [6, 6.07) is 0.672. The molecule has 4 heteroatoms. The SMILES string of the molecule is CCc1nn(C)c(CNC2CCCCC2C)c1Br. The molecule has 1 N–H and O–H groups in total. The van der Waals surface area contributed by atoms with Crippen LogP contribution in [-0.4, -0.2) is 15.8 Å². The minimum Gasteiger partial charge on any atom is -0.308 e. The lowest BCUT2D eigenvalue weighted by molar-refractivity contribution is 0.277. The highest BCUT2D eigenvalue weighted by atomic mass is 79.9. The average molecular weight is 314 g/mol. The first-order valence-electron chi connectivity index (χ1n) is 7.07. The highest BCUT2D eigenvalue weighted by Gasteiger charge is 2.21. The Balaban J connectivity index is 1.99. The fourth-order valence-electron chi connectivity index (χ4n) is 2.86. The number of rotatable bonds is 4. The summed E-state index contributed by atoms with van der Waals surface area (Å²) < 4.78 is 3.19. The van der Waals surface area contributed by atoms with E-state index in [1.807, 2.05) is 11.7 Å². The second kappa shape index (κ2) is 6.20. The summed E-state index contributed by atoms with van der Waals surface area (Å²) in [5, 5.41) is 8.26. The van der Waals surface area contributed by atoms with Gasteiger partial charge in [-0.2, -0.15) is 5.10 Å². The van der Waals surface area contributed by atoms with Crippen LogP contribution in [-0.2, 0) is 20.0 Å². The predicted octanol–water partition coefficient (Wildman–Crippen LogP) is 3.41. The van der Waals surface area contributed by atoms with Gasteiger partial charge in [-0.15, -0.1) is 0 Å². The summed E-state index contributed by atoms with van der Waals surface area (Å²) in [5.41, 5.74) is 2.43. The minimum atomic E-state index is 0.672. The molecule has 102 valence electrons. The first-order chi connectivity index (χ1) is 8.63. The fourth-order valence-corrected chi connectivity index (χ4v) is 3.62. The van der Waals surface area contributed by atoms with Crippen molar-refractivity contribution in [3.63, 3.8) is 0 Å². The predicted molar refractivity (Wildman–Crippen MR) is 78.5 cm³/mol. The zero-order valence-corrected chi connectivity index (χ0v) is 13.3. The first kappa shape index (κ1) is 14.1. The van der Waals surface area contributed by atoms with E-state index in [1.54, 1.807) is 0 Å². The largest absolute Gasteiger partial charge is 0.308 e. The monoisotopic (exact) mass is 313 g/mol. The van der Waals surface area contributed by atoms with Gasteiger partial charge in [-0.3, -0.25) is 4.68 Å². The molecule has 1 aromatic rings. The van der Waals surface area contributed by atoms with Crippen LogP contribution in [0, 0.1) is 5.92 Å². The van der Waals surface area contributed by atoms with Gasteiger partial charge in [0.1, 0.15) is 0 Å². The number of nitrogens with zero attached hydrogens (tertiary/aromatic N) is 2. The second-order valence-electron chi connectivity index (χ2n) is 5.43. The Morgan fingerprint density at radius 1 is 1.39 bits per heavy atom. The Labute approximate surface area is 118 Å². The molecule has 2 unspecified atom stereocenters. The van der Waals surface area contributed by atoms with Crippen molar-refractivity contribution < 1.29 is 0 Å². The van der Waals surface area contributed by atoms with Crippen molar-refractivity contribution >= 4 is 15.9 Å². The van der Waals surface area contributed by atoms with Crippen molar-refractivity contribution in [2.45, 2.75) is 58.5 Å². The normalized spacial score (nSPS) is 24.4. The van der Waals surface area contributed by atoms with E-state index in [2.05, 4.69) is 40.2 Å². The highest BCUT2D eigenvalue weighted by Crippen LogP contribution is 2.25. The van der Waals surface area contributed by atoms with Crippen LogP contribution in [0.15, 0.2) is 4.47 Å². The maximum Gasteiger partial charge on any atom is 0.0767 e. The summed E-state index contributed by atoms with van der Waals surface area (Å²) in [4.78, 5) is 0. The Hall–Kier alpha value is -0.350. The van der Waals surface area contributed by atoms with E-state index < -0.39 is 0 Å². The van der Waals surface area contributed by atoms with Crippen LogP contribution in [0.5, 0.6) is 0 Å². The topological polar surface area (TPSA) is 29.9 Å². The lowest BCUT2D eigenvalue weighted by Gasteiger charge is -2.29. The van der Waals surface area contributed by atoms with Gasteiger partial charge in [0.15, 0.2) is 0 Å². The summed E-state index contributed by atoms with van der Waals surface area (Å²) in [6.07, 6.45) is 6.43. The average Bonchev–Trinajstić information content (AvgIpc) is 2.64. The summed E-state index contributed by atoms with van der Waals surface area (Å²) >= 11 is 3.68. The third-order valence-electron chi connectivity index (χ3n) is 4.15. The molecule has 0 saturated heterocycles. The molecule has 1 fully saturated rings. The van der Waals surface area contributed by atoms with Crippen molar-refractivity contribution in [1.82, 2.24) is 15.1 Å². The highest BCUT2D eigenvalue weighted by molar-refractivity contribution is 9.10. The van der Waals surface area contributed by atoms with E-state index in [1.165, 1.54) is 35.8 Å². The summed E-state index contributed by atoms with van der Waals surface area (Å²) in [6.45, 7) is 5.43. The molecule has 18 heavy (non-hydrogen) atoms. The molecule has 3 nitrogen and oxygen atoms in total.